The van der Waals surface area contributed by atoms with E-state index in [1.807, 2.05) is 0 Å². The number of amides is 1. The van der Waals surface area contributed by atoms with Gasteiger partial charge in [-0.25, -0.2) is 0 Å². The summed E-state index contributed by atoms with van der Waals surface area (Å²) in [6.07, 6.45) is -0.908. The lowest BCUT2D eigenvalue weighted by molar-refractivity contribution is -0.162. The van der Waals surface area contributed by atoms with Crippen molar-refractivity contribution in [1.29, 1.82) is 0 Å². The average Bonchev–Trinajstić information content (AvgIpc) is 2.99. The van der Waals surface area contributed by atoms with E-state index in [2.05, 4.69) is 0 Å². The minimum absolute atomic E-state index is 0.0528. The molecule has 1 unspecified atom stereocenters. The smallest absolute Gasteiger partial charge is 0.331 e. The van der Waals surface area contributed by atoms with Crippen LogP contribution in [0.3, 0.4) is 0 Å². The number of rotatable bonds is 5. The van der Waals surface area contributed by atoms with Crippen LogP contribution in [0.5, 0.6) is 0 Å². The van der Waals surface area contributed by atoms with E-state index in [1.54, 1.807) is 0 Å². The van der Waals surface area contributed by atoms with E-state index in [0.29, 0.717) is 18.8 Å². The highest BCUT2D eigenvalue weighted by atomic mass is 19.4. The van der Waals surface area contributed by atoms with Gasteiger partial charge in [0.05, 0.1) is 0 Å². The Morgan fingerprint density at radius 1 is 1.29 bits per heavy atom. The number of hydrogen-bond donors (Lipinski definition) is 1. The zero-order valence-corrected chi connectivity index (χ0v) is 9.54. The molecular weight excluding hydrogens is 233 g/mol. The van der Waals surface area contributed by atoms with Gasteiger partial charge in [-0.2, -0.15) is 13.2 Å². The lowest BCUT2D eigenvalue weighted by atomic mass is 10.1. The molecule has 0 aliphatic heterocycles. The fraction of sp³-hybridized carbons (Fsp3) is 0.909. The van der Waals surface area contributed by atoms with Gasteiger partial charge < -0.3 is 10.6 Å². The number of carbonyl (C=O) groups excluding carboxylic acids is 1. The molecule has 1 atom stereocenters. The van der Waals surface area contributed by atoms with Crippen molar-refractivity contribution in [1.82, 2.24) is 4.90 Å². The van der Waals surface area contributed by atoms with Crippen molar-refractivity contribution < 1.29 is 18.0 Å². The molecule has 17 heavy (non-hydrogen) atoms. The van der Waals surface area contributed by atoms with Gasteiger partial charge in [-0.3, -0.25) is 4.79 Å². The summed E-state index contributed by atoms with van der Waals surface area (Å²) < 4.78 is 37.0. The Balaban J connectivity index is 1.88. The van der Waals surface area contributed by atoms with Gasteiger partial charge in [0.15, 0.2) is 0 Å². The molecule has 0 aromatic rings. The topological polar surface area (TPSA) is 46.3 Å². The van der Waals surface area contributed by atoms with Crippen molar-refractivity contribution in [3.63, 3.8) is 0 Å². The third-order valence-corrected chi connectivity index (χ3v) is 3.30. The van der Waals surface area contributed by atoms with Crippen molar-refractivity contribution in [3.05, 3.63) is 0 Å². The first-order chi connectivity index (χ1) is 7.87. The first kappa shape index (κ1) is 12.7. The van der Waals surface area contributed by atoms with Crippen LogP contribution >= 0.6 is 0 Å². The molecular formula is C11H17F3N2O. The van der Waals surface area contributed by atoms with Gasteiger partial charge in [0.2, 0.25) is 5.91 Å². The highest BCUT2D eigenvalue weighted by Gasteiger charge is 2.41. The van der Waals surface area contributed by atoms with E-state index in [9.17, 15) is 18.0 Å². The number of nitrogens with two attached hydrogens (primary N) is 1. The molecule has 2 rings (SSSR count). The Morgan fingerprint density at radius 3 is 2.29 bits per heavy atom. The Morgan fingerprint density at radius 2 is 1.88 bits per heavy atom. The van der Waals surface area contributed by atoms with Gasteiger partial charge in [-0.05, 0) is 31.6 Å². The first-order valence-corrected chi connectivity index (χ1v) is 5.98. The Kier molecular flexibility index (Phi) is 3.34. The van der Waals surface area contributed by atoms with Crippen LogP contribution in [0.25, 0.3) is 0 Å². The molecule has 2 N–H and O–H groups in total. The maximum absolute atomic E-state index is 12.3. The average molecular weight is 250 g/mol. The molecule has 0 heterocycles. The Bertz CT molecular complexity index is 298. The van der Waals surface area contributed by atoms with Crippen LogP contribution in [0.1, 0.15) is 32.1 Å². The molecule has 6 heteroatoms. The second-order valence-corrected chi connectivity index (χ2v) is 5.07. The third kappa shape index (κ3) is 3.87. The molecule has 1 amide bonds. The molecule has 2 aliphatic rings. The molecule has 0 aromatic carbocycles. The second kappa shape index (κ2) is 4.48. The van der Waals surface area contributed by atoms with Crippen LogP contribution in [0.4, 0.5) is 13.2 Å². The van der Waals surface area contributed by atoms with Gasteiger partial charge in [-0.15, -0.1) is 0 Å². The number of hydrogen-bond acceptors (Lipinski definition) is 2. The molecule has 2 saturated carbocycles. The largest absolute Gasteiger partial charge is 0.406 e. The summed E-state index contributed by atoms with van der Waals surface area (Å²) in [5.41, 5.74) is 5.77. The minimum Gasteiger partial charge on any atom is -0.331 e. The summed E-state index contributed by atoms with van der Waals surface area (Å²) in [5, 5.41) is 0. The summed E-state index contributed by atoms with van der Waals surface area (Å²) in [5.74, 6) is -0.102. The molecule has 2 aliphatic carbocycles. The van der Waals surface area contributed by atoms with Crippen LogP contribution in [-0.2, 0) is 4.79 Å². The summed E-state index contributed by atoms with van der Waals surface area (Å²) in [7, 11) is 0. The van der Waals surface area contributed by atoms with Gasteiger partial charge in [0.1, 0.15) is 6.54 Å². The number of nitrogens with zero attached hydrogens (tertiary/aromatic N) is 1. The Hall–Kier alpha value is -0.780. The third-order valence-electron chi connectivity index (χ3n) is 3.30. The highest BCUT2D eigenvalue weighted by molar-refractivity contribution is 5.77. The van der Waals surface area contributed by atoms with Crippen LogP contribution in [-0.4, -0.2) is 35.6 Å². The van der Waals surface area contributed by atoms with E-state index in [0.717, 1.165) is 17.7 Å². The fourth-order valence-electron chi connectivity index (χ4n) is 2.01. The lowest BCUT2D eigenvalue weighted by Crippen LogP contribution is -2.43. The highest BCUT2D eigenvalue weighted by Crippen LogP contribution is 2.35. The number of alkyl halides is 3. The van der Waals surface area contributed by atoms with Gasteiger partial charge >= 0.3 is 6.18 Å². The van der Waals surface area contributed by atoms with E-state index >= 15 is 0 Å². The van der Waals surface area contributed by atoms with E-state index in [4.69, 9.17) is 5.73 Å². The standard InChI is InChI=1S/C11H17F3N2O/c12-11(13,14)6-16(8-3-4-8)10(17)5-9(15)7-1-2-7/h7-9H,1-6,15H2. The fourth-order valence-corrected chi connectivity index (χ4v) is 2.01. The maximum Gasteiger partial charge on any atom is 0.406 e. The number of carbonyl (C=O) groups is 1. The van der Waals surface area contributed by atoms with E-state index in [-0.39, 0.29) is 18.5 Å². The van der Waals surface area contributed by atoms with Gasteiger partial charge in [0.25, 0.3) is 0 Å². The molecule has 0 saturated heterocycles. The first-order valence-electron chi connectivity index (χ1n) is 5.98. The van der Waals surface area contributed by atoms with Crippen molar-refractivity contribution in [2.75, 3.05) is 6.54 Å². The van der Waals surface area contributed by atoms with Crippen molar-refractivity contribution in [2.45, 2.75) is 50.4 Å². The Labute approximate surface area is 98.1 Å². The van der Waals surface area contributed by atoms with E-state index < -0.39 is 18.6 Å². The maximum atomic E-state index is 12.3. The number of halogens is 3. The predicted octanol–water partition coefficient (Wildman–Crippen LogP) is 1.67. The van der Waals surface area contributed by atoms with Crippen LogP contribution in [0.15, 0.2) is 0 Å². The van der Waals surface area contributed by atoms with Gasteiger partial charge in [0, 0.05) is 18.5 Å². The quantitative estimate of drug-likeness (QED) is 0.806. The van der Waals surface area contributed by atoms with E-state index in [1.165, 1.54) is 0 Å². The van der Waals surface area contributed by atoms with Crippen LogP contribution < -0.4 is 5.73 Å². The molecule has 98 valence electrons. The summed E-state index contributed by atoms with van der Waals surface area (Å²) in [6, 6.07) is -0.479. The summed E-state index contributed by atoms with van der Waals surface area (Å²) >= 11 is 0. The molecule has 0 radical (unpaired) electrons. The molecule has 0 spiro atoms. The SMILES string of the molecule is NC(CC(=O)N(CC(F)(F)F)C1CC1)C1CC1. The van der Waals surface area contributed by atoms with Crippen LogP contribution in [0.2, 0.25) is 0 Å². The van der Waals surface area contributed by atoms with Gasteiger partial charge in [-0.1, -0.05) is 0 Å². The minimum atomic E-state index is -4.32. The molecule has 0 bridgehead atoms. The second-order valence-electron chi connectivity index (χ2n) is 5.07. The summed E-state index contributed by atoms with van der Waals surface area (Å²) in [6.45, 7) is -1.13. The normalized spacial score (nSPS) is 22.4. The van der Waals surface area contributed by atoms with Crippen molar-refractivity contribution in [3.8, 4) is 0 Å². The molecule has 2 fully saturated rings. The lowest BCUT2D eigenvalue weighted by Gasteiger charge is -2.25. The zero-order valence-electron chi connectivity index (χ0n) is 9.54. The molecule has 3 nitrogen and oxygen atoms in total. The molecule has 0 aromatic heterocycles. The van der Waals surface area contributed by atoms with Crippen molar-refractivity contribution in [2.24, 2.45) is 11.7 Å². The summed E-state index contributed by atoms with van der Waals surface area (Å²) in [4.78, 5) is 12.8. The van der Waals surface area contributed by atoms with Crippen LogP contribution in [0, 0.1) is 5.92 Å². The monoisotopic (exact) mass is 250 g/mol. The zero-order chi connectivity index (χ0) is 12.6. The van der Waals surface area contributed by atoms with Crippen molar-refractivity contribution >= 4 is 5.91 Å². The predicted molar refractivity (Wildman–Crippen MR) is 56.1 cm³/mol.